The Morgan fingerprint density at radius 1 is 1.16 bits per heavy atom. The highest BCUT2D eigenvalue weighted by Crippen LogP contribution is 2.48. The zero-order valence-electron chi connectivity index (χ0n) is 14.8. The van der Waals surface area contributed by atoms with Gasteiger partial charge < -0.3 is 0 Å². The van der Waals surface area contributed by atoms with Crippen molar-refractivity contribution in [1.82, 2.24) is 9.21 Å². The molecule has 3 aliphatic heterocycles. The second-order valence-corrected chi connectivity index (χ2v) is 11.5. The molecule has 4 nitrogen and oxygen atoms in total. The molecule has 0 aromatic heterocycles. The van der Waals surface area contributed by atoms with Gasteiger partial charge in [-0.3, -0.25) is 4.90 Å². The second-order valence-electron chi connectivity index (χ2n) is 7.74. The summed E-state index contributed by atoms with van der Waals surface area (Å²) in [6, 6.07) is 4.11. The van der Waals surface area contributed by atoms with E-state index < -0.39 is 10.0 Å². The number of hydrogen-bond donors (Lipinski definition) is 0. The number of rotatable bonds is 3. The van der Waals surface area contributed by atoms with Crippen molar-refractivity contribution in [3.63, 3.8) is 0 Å². The summed E-state index contributed by atoms with van der Waals surface area (Å²) in [6.45, 7) is 7.39. The van der Waals surface area contributed by atoms with Gasteiger partial charge in [0.05, 0.1) is 4.90 Å². The molecule has 0 N–H and O–H groups in total. The quantitative estimate of drug-likeness (QED) is 0.780. The Morgan fingerprint density at radius 2 is 1.84 bits per heavy atom. The minimum atomic E-state index is -3.42. The normalized spacial score (nSPS) is 27.1. The van der Waals surface area contributed by atoms with Gasteiger partial charge in [0.2, 0.25) is 10.0 Å². The van der Waals surface area contributed by atoms with Gasteiger partial charge in [-0.2, -0.15) is 16.1 Å². The number of thioether (sulfide) groups is 1. The van der Waals surface area contributed by atoms with Gasteiger partial charge in [-0.25, -0.2) is 8.42 Å². The fourth-order valence-corrected chi connectivity index (χ4v) is 8.28. The van der Waals surface area contributed by atoms with Gasteiger partial charge >= 0.3 is 0 Å². The second kappa shape index (κ2) is 6.41. The van der Waals surface area contributed by atoms with Gasteiger partial charge in [-0.1, -0.05) is 11.6 Å². The van der Waals surface area contributed by atoms with Crippen LogP contribution in [0, 0.1) is 13.8 Å². The third-order valence-electron chi connectivity index (χ3n) is 5.85. The van der Waals surface area contributed by atoms with Crippen LogP contribution in [0.5, 0.6) is 0 Å². The van der Waals surface area contributed by atoms with Gasteiger partial charge in [0.25, 0.3) is 0 Å². The first-order valence-electron chi connectivity index (χ1n) is 8.96. The minimum absolute atomic E-state index is 0.135. The van der Waals surface area contributed by atoms with Crippen molar-refractivity contribution in [3.05, 3.63) is 28.3 Å². The molecule has 1 aromatic rings. The standard InChI is InChI=1S/C18H25ClN2O2S2/c1-13-8-17(14(2)7-16(13)19)25(22,23)21-11-18(12-21)9-15(10-24-18)20-5-3-4-6-20/h7-8,15H,3-6,9-12H2,1-2H3. The first-order valence-corrected chi connectivity index (χ1v) is 11.8. The van der Waals surface area contributed by atoms with E-state index in [9.17, 15) is 8.42 Å². The highest BCUT2D eigenvalue weighted by molar-refractivity contribution is 8.01. The van der Waals surface area contributed by atoms with E-state index in [2.05, 4.69) is 4.90 Å². The van der Waals surface area contributed by atoms with Crippen molar-refractivity contribution >= 4 is 33.4 Å². The van der Waals surface area contributed by atoms with E-state index in [-0.39, 0.29) is 4.75 Å². The summed E-state index contributed by atoms with van der Waals surface area (Å²) in [5.74, 6) is 1.15. The van der Waals surface area contributed by atoms with Crippen LogP contribution >= 0.6 is 23.4 Å². The lowest BCUT2D eigenvalue weighted by Gasteiger charge is -2.46. The average Bonchev–Trinajstić information content (AvgIpc) is 3.17. The fourth-order valence-electron chi connectivity index (χ4n) is 4.32. The number of benzene rings is 1. The number of likely N-dealkylation sites (tertiary alicyclic amines) is 1. The monoisotopic (exact) mass is 400 g/mol. The fraction of sp³-hybridized carbons (Fsp3) is 0.667. The highest BCUT2D eigenvalue weighted by atomic mass is 35.5. The molecule has 0 radical (unpaired) electrons. The Balaban J connectivity index is 1.47. The molecule has 7 heteroatoms. The van der Waals surface area contributed by atoms with E-state index >= 15 is 0 Å². The van der Waals surface area contributed by atoms with Crippen LogP contribution in [0.25, 0.3) is 0 Å². The van der Waals surface area contributed by atoms with Crippen molar-refractivity contribution in [3.8, 4) is 0 Å². The molecule has 0 saturated carbocycles. The first kappa shape index (κ1) is 18.1. The van der Waals surface area contributed by atoms with Gasteiger partial charge in [0.15, 0.2) is 0 Å². The zero-order chi connectivity index (χ0) is 17.8. The van der Waals surface area contributed by atoms with Crippen LogP contribution < -0.4 is 0 Å². The number of aryl methyl sites for hydroxylation is 2. The third-order valence-corrected chi connectivity index (χ3v) is 9.78. The molecule has 3 aliphatic rings. The summed E-state index contributed by atoms with van der Waals surface area (Å²) in [7, 11) is -3.42. The van der Waals surface area contributed by atoms with Crippen molar-refractivity contribution in [1.29, 1.82) is 0 Å². The molecule has 1 unspecified atom stereocenters. The SMILES string of the molecule is Cc1cc(S(=O)(=O)N2CC3(CC(N4CCCC4)CS3)C2)c(C)cc1Cl. The lowest BCUT2D eigenvalue weighted by atomic mass is 9.94. The summed E-state index contributed by atoms with van der Waals surface area (Å²) in [4.78, 5) is 3.01. The number of hydrogen-bond acceptors (Lipinski definition) is 4. The molecule has 3 fully saturated rings. The molecular formula is C18H25ClN2O2S2. The maximum absolute atomic E-state index is 13.0. The average molecular weight is 401 g/mol. The van der Waals surface area contributed by atoms with Gasteiger partial charge in [-0.05, 0) is 69.5 Å². The van der Waals surface area contributed by atoms with E-state index in [0.717, 1.165) is 23.3 Å². The van der Waals surface area contributed by atoms with E-state index in [4.69, 9.17) is 11.6 Å². The summed E-state index contributed by atoms with van der Waals surface area (Å²) in [6.07, 6.45) is 3.75. The lowest BCUT2D eigenvalue weighted by Crippen LogP contribution is -2.61. The van der Waals surface area contributed by atoms with E-state index in [1.807, 2.05) is 25.6 Å². The Hall–Kier alpha value is -0.270. The molecule has 0 amide bonds. The first-order chi connectivity index (χ1) is 11.8. The Morgan fingerprint density at radius 3 is 2.52 bits per heavy atom. The maximum Gasteiger partial charge on any atom is 0.243 e. The van der Waals surface area contributed by atoms with E-state index in [0.29, 0.717) is 29.0 Å². The van der Waals surface area contributed by atoms with Crippen molar-refractivity contribution in [2.24, 2.45) is 0 Å². The van der Waals surface area contributed by atoms with Crippen LogP contribution in [0.3, 0.4) is 0 Å². The number of sulfonamides is 1. The molecule has 0 bridgehead atoms. The summed E-state index contributed by atoms with van der Waals surface area (Å²) < 4.78 is 27.9. The van der Waals surface area contributed by atoms with Crippen LogP contribution in [-0.2, 0) is 10.0 Å². The smallest absolute Gasteiger partial charge is 0.243 e. The largest absolute Gasteiger partial charge is 0.300 e. The van der Waals surface area contributed by atoms with Gasteiger partial charge in [0.1, 0.15) is 0 Å². The van der Waals surface area contributed by atoms with Crippen molar-refractivity contribution in [2.45, 2.75) is 48.8 Å². The summed E-state index contributed by atoms with van der Waals surface area (Å²) in [5.41, 5.74) is 1.54. The van der Waals surface area contributed by atoms with Gasteiger partial charge in [-0.15, -0.1) is 0 Å². The predicted octanol–water partition coefficient (Wildman–Crippen LogP) is 3.30. The van der Waals surface area contributed by atoms with Crippen molar-refractivity contribution < 1.29 is 8.42 Å². The van der Waals surface area contributed by atoms with Crippen LogP contribution in [-0.4, -0.2) is 60.3 Å². The zero-order valence-corrected chi connectivity index (χ0v) is 17.2. The van der Waals surface area contributed by atoms with Crippen LogP contribution in [0.2, 0.25) is 5.02 Å². The maximum atomic E-state index is 13.0. The molecule has 0 aliphatic carbocycles. The molecule has 1 atom stereocenters. The molecule has 1 aromatic carbocycles. The summed E-state index contributed by atoms with van der Waals surface area (Å²) in [5, 5.41) is 0.622. The number of halogens is 1. The van der Waals surface area contributed by atoms with Crippen LogP contribution in [0.4, 0.5) is 0 Å². The van der Waals surface area contributed by atoms with Crippen molar-refractivity contribution in [2.75, 3.05) is 31.9 Å². The van der Waals surface area contributed by atoms with E-state index in [1.54, 1.807) is 16.4 Å². The number of nitrogens with zero attached hydrogens (tertiary/aromatic N) is 2. The molecule has 138 valence electrons. The molecule has 3 saturated heterocycles. The molecule has 1 spiro atoms. The molecular weight excluding hydrogens is 376 g/mol. The highest BCUT2D eigenvalue weighted by Gasteiger charge is 2.54. The minimum Gasteiger partial charge on any atom is -0.300 e. The third kappa shape index (κ3) is 3.14. The van der Waals surface area contributed by atoms with E-state index in [1.165, 1.54) is 25.9 Å². The molecule has 25 heavy (non-hydrogen) atoms. The molecule has 4 rings (SSSR count). The van der Waals surface area contributed by atoms with Crippen LogP contribution in [0.15, 0.2) is 17.0 Å². The topological polar surface area (TPSA) is 40.6 Å². The Labute approximate surface area is 160 Å². The Kier molecular flexibility index (Phi) is 4.64. The lowest BCUT2D eigenvalue weighted by molar-refractivity contribution is 0.179. The Bertz CT molecular complexity index is 785. The predicted molar refractivity (Wildman–Crippen MR) is 104 cm³/mol. The van der Waals surface area contributed by atoms with Crippen LogP contribution in [0.1, 0.15) is 30.4 Å². The summed E-state index contributed by atoms with van der Waals surface area (Å²) >= 11 is 8.11. The van der Waals surface area contributed by atoms with Gasteiger partial charge in [0, 0.05) is 34.7 Å². The molecule has 3 heterocycles.